The van der Waals surface area contributed by atoms with Crippen LogP contribution in [-0.2, 0) is 0 Å². The fraction of sp³-hybridized carbons (Fsp3) is 0.375. The molecular weight excluding hydrogens is 312 g/mol. The number of nitrogens with zero attached hydrogens (tertiary/aromatic N) is 2. The lowest BCUT2D eigenvalue weighted by Crippen LogP contribution is -2.09. The molecule has 1 aromatic heterocycles. The van der Waals surface area contributed by atoms with Crippen molar-refractivity contribution in [1.82, 2.24) is 9.97 Å². The minimum Gasteiger partial charge on any atom is -0.487 e. The Morgan fingerprint density at radius 1 is 0.913 bits per heavy atom. The van der Waals surface area contributed by atoms with Gasteiger partial charge in [-0.05, 0) is 26.3 Å². The summed E-state index contributed by atoms with van der Waals surface area (Å²) in [6.45, 7) is 4.98. The normalized spacial score (nSPS) is 10.9. The first kappa shape index (κ1) is 17.2. The lowest BCUT2D eigenvalue weighted by atomic mass is 10.1. The average Bonchev–Trinajstić information content (AvgIpc) is 2.48. The third-order valence-corrected chi connectivity index (χ3v) is 3.17. The zero-order valence-electron chi connectivity index (χ0n) is 13.0. The molecule has 0 aliphatic carbocycles. The SMILES string of the molecule is CCCCOc1c(F)c(F)c(-c2nc(C)cc(C)n2)c(F)c1F. The Balaban J connectivity index is 2.58. The lowest BCUT2D eigenvalue weighted by Gasteiger charge is -2.12. The highest BCUT2D eigenvalue weighted by Gasteiger charge is 2.29. The van der Waals surface area contributed by atoms with Gasteiger partial charge in [0, 0.05) is 11.4 Å². The molecule has 3 nitrogen and oxygen atoms in total. The number of aromatic nitrogens is 2. The van der Waals surface area contributed by atoms with E-state index in [-0.39, 0.29) is 6.61 Å². The topological polar surface area (TPSA) is 35.0 Å². The Bertz CT molecular complexity index is 685. The van der Waals surface area contributed by atoms with Gasteiger partial charge in [0.15, 0.2) is 23.2 Å². The van der Waals surface area contributed by atoms with Gasteiger partial charge >= 0.3 is 0 Å². The molecule has 1 aromatic carbocycles. The summed E-state index contributed by atoms with van der Waals surface area (Å²) in [4.78, 5) is 7.70. The largest absolute Gasteiger partial charge is 0.487 e. The number of halogens is 4. The van der Waals surface area contributed by atoms with Crippen molar-refractivity contribution < 1.29 is 22.3 Å². The molecule has 0 aliphatic heterocycles. The Morgan fingerprint density at radius 2 is 1.43 bits per heavy atom. The molecular formula is C16H16F4N2O. The second kappa shape index (κ2) is 6.93. The van der Waals surface area contributed by atoms with Gasteiger partial charge in [0.05, 0.1) is 12.2 Å². The lowest BCUT2D eigenvalue weighted by molar-refractivity contribution is 0.267. The molecule has 7 heteroatoms. The van der Waals surface area contributed by atoms with Crippen LogP contribution in [0.15, 0.2) is 6.07 Å². The van der Waals surface area contributed by atoms with E-state index in [2.05, 4.69) is 9.97 Å². The Labute approximate surface area is 131 Å². The number of ether oxygens (including phenoxy) is 1. The second-order valence-corrected chi connectivity index (χ2v) is 5.14. The van der Waals surface area contributed by atoms with E-state index >= 15 is 0 Å². The zero-order chi connectivity index (χ0) is 17.1. The van der Waals surface area contributed by atoms with Gasteiger partial charge in [-0.15, -0.1) is 0 Å². The van der Waals surface area contributed by atoms with Gasteiger partial charge < -0.3 is 4.74 Å². The molecule has 0 aliphatic rings. The predicted octanol–water partition coefficient (Wildman–Crippen LogP) is 4.50. The summed E-state index contributed by atoms with van der Waals surface area (Å²) in [6.07, 6.45) is 1.22. The third-order valence-electron chi connectivity index (χ3n) is 3.17. The third kappa shape index (κ3) is 3.43. The molecule has 0 fully saturated rings. The van der Waals surface area contributed by atoms with Crippen LogP contribution in [0.25, 0.3) is 11.4 Å². The van der Waals surface area contributed by atoms with Crippen molar-refractivity contribution >= 4 is 0 Å². The summed E-state index contributed by atoms with van der Waals surface area (Å²) < 4.78 is 61.4. The van der Waals surface area contributed by atoms with Crippen molar-refractivity contribution in [2.75, 3.05) is 6.61 Å². The minimum atomic E-state index is -1.59. The molecule has 0 amide bonds. The molecule has 0 spiro atoms. The Kier molecular flexibility index (Phi) is 5.18. The Morgan fingerprint density at radius 3 is 1.91 bits per heavy atom. The van der Waals surface area contributed by atoms with E-state index in [1.54, 1.807) is 19.9 Å². The van der Waals surface area contributed by atoms with Crippen LogP contribution in [0, 0.1) is 37.1 Å². The van der Waals surface area contributed by atoms with Crippen LogP contribution in [0.1, 0.15) is 31.2 Å². The maximum atomic E-state index is 14.2. The fourth-order valence-corrected chi connectivity index (χ4v) is 2.09. The van der Waals surface area contributed by atoms with Crippen molar-refractivity contribution in [1.29, 1.82) is 0 Å². The van der Waals surface area contributed by atoms with Gasteiger partial charge in [-0.3, -0.25) is 0 Å². The van der Waals surface area contributed by atoms with Crippen LogP contribution in [0.2, 0.25) is 0 Å². The molecule has 2 rings (SSSR count). The average molecular weight is 328 g/mol. The molecule has 2 aromatic rings. The number of hydrogen-bond acceptors (Lipinski definition) is 3. The van der Waals surface area contributed by atoms with Crippen LogP contribution in [0.4, 0.5) is 17.6 Å². The minimum absolute atomic E-state index is 0.0391. The van der Waals surface area contributed by atoms with Crippen LogP contribution in [0.5, 0.6) is 5.75 Å². The molecule has 0 bridgehead atoms. The number of unbranched alkanes of at least 4 members (excludes halogenated alkanes) is 1. The first-order valence-electron chi connectivity index (χ1n) is 7.18. The van der Waals surface area contributed by atoms with Gasteiger partial charge in [-0.25, -0.2) is 18.7 Å². The van der Waals surface area contributed by atoms with E-state index in [9.17, 15) is 17.6 Å². The van der Waals surface area contributed by atoms with Gasteiger partial charge in [-0.1, -0.05) is 13.3 Å². The molecule has 0 atom stereocenters. The molecule has 0 N–H and O–H groups in total. The summed E-state index contributed by atoms with van der Waals surface area (Å²) in [6, 6.07) is 1.58. The van der Waals surface area contributed by atoms with Gasteiger partial charge in [0.2, 0.25) is 11.6 Å². The van der Waals surface area contributed by atoms with Crippen molar-refractivity contribution in [3.8, 4) is 17.1 Å². The van der Waals surface area contributed by atoms with E-state index in [4.69, 9.17) is 4.74 Å². The highest BCUT2D eigenvalue weighted by molar-refractivity contribution is 5.60. The van der Waals surface area contributed by atoms with Crippen molar-refractivity contribution in [3.63, 3.8) is 0 Å². The monoisotopic (exact) mass is 328 g/mol. The molecule has 0 saturated heterocycles. The van der Waals surface area contributed by atoms with E-state index < -0.39 is 40.4 Å². The summed E-state index contributed by atoms with van der Waals surface area (Å²) >= 11 is 0. The van der Waals surface area contributed by atoms with Crippen molar-refractivity contribution in [2.24, 2.45) is 0 Å². The number of benzene rings is 1. The Hall–Kier alpha value is -2.18. The quantitative estimate of drug-likeness (QED) is 0.461. The second-order valence-electron chi connectivity index (χ2n) is 5.14. The molecule has 1 heterocycles. The van der Waals surface area contributed by atoms with Crippen LogP contribution in [0.3, 0.4) is 0 Å². The maximum Gasteiger partial charge on any atom is 0.204 e. The van der Waals surface area contributed by atoms with Crippen LogP contribution >= 0.6 is 0 Å². The fourth-order valence-electron chi connectivity index (χ4n) is 2.09. The maximum absolute atomic E-state index is 14.2. The van der Waals surface area contributed by atoms with E-state index in [0.717, 1.165) is 0 Å². The van der Waals surface area contributed by atoms with Gasteiger partial charge in [0.1, 0.15) is 0 Å². The molecule has 124 valence electrons. The van der Waals surface area contributed by atoms with E-state index in [0.29, 0.717) is 24.2 Å². The van der Waals surface area contributed by atoms with Crippen LogP contribution in [-0.4, -0.2) is 16.6 Å². The standard InChI is InChI=1S/C16H16F4N2O/c1-4-5-6-23-15-13(19)11(17)10(12(18)14(15)20)16-21-8(2)7-9(3)22-16/h7H,4-6H2,1-3H3. The van der Waals surface area contributed by atoms with E-state index in [1.807, 2.05) is 6.92 Å². The highest BCUT2D eigenvalue weighted by atomic mass is 19.2. The molecule has 0 unspecified atom stereocenters. The number of rotatable bonds is 5. The predicted molar refractivity (Wildman–Crippen MR) is 77.2 cm³/mol. The van der Waals surface area contributed by atoms with Crippen LogP contribution < -0.4 is 4.74 Å². The number of hydrogen-bond donors (Lipinski definition) is 0. The highest BCUT2D eigenvalue weighted by Crippen LogP contribution is 2.34. The first-order valence-corrected chi connectivity index (χ1v) is 7.18. The summed E-state index contributed by atoms with van der Waals surface area (Å²) in [5.74, 6) is -7.77. The molecule has 0 saturated carbocycles. The number of aryl methyl sites for hydroxylation is 2. The van der Waals surface area contributed by atoms with E-state index in [1.165, 1.54) is 0 Å². The molecule has 0 radical (unpaired) electrons. The summed E-state index contributed by atoms with van der Waals surface area (Å²) in [7, 11) is 0. The smallest absolute Gasteiger partial charge is 0.204 e. The molecule has 23 heavy (non-hydrogen) atoms. The first-order chi connectivity index (χ1) is 10.9. The van der Waals surface area contributed by atoms with Gasteiger partial charge in [-0.2, -0.15) is 8.78 Å². The van der Waals surface area contributed by atoms with Gasteiger partial charge in [0.25, 0.3) is 0 Å². The summed E-state index contributed by atoms with van der Waals surface area (Å²) in [5.41, 5.74) is -0.0829. The zero-order valence-corrected chi connectivity index (χ0v) is 13.0. The van der Waals surface area contributed by atoms with Crippen molar-refractivity contribution in [2.45, 2.75) is 33.6 Å². The summed E-state index contributed by atoms with van der Waals surface area (Å²) in [5, 5.41) is 0. The van der Waals surface area contributed by atoms with Crippen molar-refractivity contribution in [3.05, 3.63) is 40.7 Å².